The number of hydrogen-bond donors (Lipinski definition) is 0. The molecule has 0 N–H and O–H groups in total. The normalized spacial score (nSPS) is 57.9. The Kier molecular flexibility index (Phi) is 1.67. The van der Waals surface area contributed by atoms with E-state index >= 15 is 0 Å². The van der Waals surface area contributed by atoms with Gasteiger partial charge in [-0.15, -0.1) is 0 Å². The second-order valence-corrected chi connectivity index (χ2v) is 7.19. The van der Waals surface area contributed by atoms with E-state index in [-0.39, 0.29) is 0 Å². The van der Waals surface area contributed by atoms with E-state index < -0.39 is 0 Å². The van der Waals surface area contributed by atoms with Crippen molar-refractivity contribution >= 4 is 0 Å². The van der Waals surface area contributed by atoms with E-state index in [9.17, 15) is 0 Å². The van der Waals surface area contributed by atoms with Crippen LogP contribution in [0.25, 0.3) is 0 Å². The molecule has 2 saturated carbocycles. The predicted molar refractivity (Wildman–Crippen MR) is 64.7 cm³/mol. The van der Waals surface area contributed by atoms with Gasteiger partial charge in [-0.1, -0.05) is 38.8 Å². The van der Waals surface area contributed by atoms with Gasteiger partial charge in [0.05, 0.1) is 0 Å². The van der Waals surface area contributed by atoms with Gasteiger partial charge in [-0.2, -0.15) is 0 Å². The van der Waals surface area contributed by atoms with Crippen LogP contribution >= 0.6 is 0 Å². The Balaban J connectivity index is 2.15. The molecule has 0 aromatic carbocycles. The standard InChI is InChI=1S/C15H24/c1-11-10-14(3)7-5-6-13(2)8-9-15(11,4)12(13)14/h10,12H,5-9H2,1-4H3/t12-,13-,14-,15+/m1/s1. The minimum absolute atomic E-state index is 0.530. The summed E-state index contributed by atoms with van der Waals surface area (Å²) in [7, 11) is 0. The minimum Gasteiger partial charge on any atom is -0.0788 e. The molecular formula is C15H24. The Labute approximate surface area is 94.1 Å². The van der Waals surface area contributed by atoms with Crippen molar-refractivity contribution in [3.63, 3.8) is 0 Å². The lowest BCUT2D eigenvalue weighted by atomic mass is 9.55. The van der Waals surface area contributed by atoms with Crippen molar-refractivity contribution in [1.29, 1.82) is 0 Å². The van der Waals surface area contributed by atoms with Crippen LogP contribution in [0.5, 0.6) is 0 Å². The van der Waals surface area contributed by atoms with Crippen LogP contribution in [0, 0.1) is 22.2 Å². The summed E-state index contributed by atoms with van der Waals surface area (Å²) in [5, 5.41) is 0. The van der Waals surface area contributed by atoms with Crippen LogP contribution < -0.4 is 0 Å². The summed E-state index contributed by atoms with van der Waals surface area (Å²) >= 11 is 0. The zero-order valence-electron chi connectivity index (χ0n) is 10.7. The molecule has 0 spiro atoms. The van der Waals surface area contributed by atoms with Gasteiger partial charge < -0.3 is 0 Å². The molecule has 0 aliphatic heterocycles. The van der Waals surface area contributed by atoms with Gasteiger partial charge in [0.25, 0.3) is 0 Å². The largest absolute Gasteiger partial charge is 0.0788 e. The molecule has 0 unspecified atom stereocenters. The van der Waals surface area contributed by atoms with E-state index in [0.717, 1.165) is 5.92 Å². The summed E-state index contributed by atoms with van der Waals surface area (Å²) < 4.78 is 0. The van der Waals surface area contributed by atoms with Crippen LogP contribution in [0.4, 0.5) is 0 Å². The summed E-state index contributed by atoms with van der Waals surface area (Å²) in [5.74, 6) is 0.936. The molecule has 3 aliphatic carbocycles. The fourth-order valence-corrected chi connectivity index (χ4v) is 5.65. The highest BCUT2D eigenvalue weighted by atomic mass is 14.7. The van der Waals surface area contributed by atoms with Crippen LogP contribution in [0.15, 0.2) is 11.6 Å². The molecule has 0 bridgehead atoms. The minimum atomic E-state index is 0.530. The highest BCUT2D eigenvalue weighted by molar-refractivity contribution is 5.32. The van der Waals surface area contributed by atoms with E-state index in [0.29, 0.717) is 16.2 Å². The molecule has 2 fully saturated rings. The third-order valence-corrected chi connectivity index (χ3v) is 6.12. The van der Waals surface area contributed by atoms with E-state index in [2.05, 4.69) is 33.8 Å². The molecule has 0 heterocycles. The van der Waals surface area contributed by atoms with Gasteiger partial charge in [0, 0.05) is 0 Å². The second-order valence-electron chi connectivity index (χ2n) is 7.19. The quantitative estimate of drug-likeness (QED) is 0.507. The molecule has 0 aromatic rings. The number of allylic oxidation sites excluding steroid dienone is 2. The van der Waals surface area contributed by atoms with Crippen molar-refractivity contribution in [3.05, 3.63) is 11.6 Å². The Morgan fingerprint density at radius 1 is 1.07 bits per heavy atom. The van der Waals surface area contributed by atoms with Gasteiger partial charge in [-0.05, 0) is 54.8 Å². The first kappa shape index (κ1) is 9.93. The van der Waals surface area contributed by atoms with E-state index in [1.165, 1.54) is 32.1 Å². The molecule has 4 atom stereocenters. The Bertz CT molecular complexity index is 340. The van der Waals surface area contributed by atoms with Gasteiger partial charge >= 0.3 is 0 Å². The Hall–Kier alpha value is -0.260. The summed E-state index contributed by atoms with van der Waals surface area (Å²) in [4.78, 5) is 0. The van der Waals surface area contributed by atoms with Crippen molar-refractivity contribution in [1.82, 2.24) is 0 Å². The van der Waals surface area contributed by atoms with Crippen molar-refractivity contribution in [2.75, 3.05) is 0 Å². The molecule has 0 nitrogen and oxygen atoms in total. The SMILES string of the molecule is CC1=C[C@@]2(C)CCC[C@]3(C)CC[C@]1(C)[C@H]32. The first-order chi connectivity index (χ1) is 6.91. The highest BCUT2D eigenvalue weighted by Crippen LogP contribution is 2.72. The van der Waals surface area contributed by atoms with Crippen LogP contribution in [-0.4, -0.2) is 0 Å². The van der Waals surface area contributed by atoms with Crippen molar-refractivity contribution < 1.29 is 0 Å². The molecule has 0 radical (unpaired) electrons. The van der Waals surface area contributed by atoms with E-state index in [4.69, 9.17) is 0 Å². The van der Waals surface area contributed by atoms with Crippen LogP contribution in [0.1, 0.15) is 59.8 Å². The van der Waals surface area contributed by atoms with Crippen LogP contribution in [-0.2, 0) is 0 Å². The average Bonchev–Trinajstić information content (AvgIpc) is 2.51. The number of rotatable bonds is 0. The smallest absolute Gasteiger partial charge is 0.00771 e. The maximum absolute atomic E-state index is 2.63. The molecule has 0 aromatic heterocycles. The average molecular weight is 204 g/mol. The van der Waals surface area contributed by atoms with Crippen LogP contribution in [0.2, 0.25) is 0 Å². The lowest BCUT2D eigenvalue weighted by molar-refractivity contribution is 0.0166. The van der Waals surface area contributed by atoms with Crippen molar-refractivity contribution in [3.8, 4) is 0 Å². The molecule has 0 amide bonds. The zero-order valence-corrected chi connectivity index (χ0v) is 10.7. The molecule has 84 valence electrons. The fraction of sp³-hybridized carbons (Fsp3) is 0.867. The first-order valence-corrected chi connectivity index (χ1v) is 6.61. The van der Waals surface area contributed by atoms with Crippen LogP contribution in [0.3, 0.4) is 0 Å². The maximum Gasteiger partial charge on any atom is -0.00771 e. The van der Waals surface area contributed by atoms with E-state index in [1.54, 1.807) is 5.57 Å². The van der Waals surface area contributed by atoms with Crippen molar-refractivity contribution in [2.24, 2.45) is 22.2 Å². The van der Waals surface area contributed by atoms with Gasteiger partial charge in [0.15, 0.2) is 0 Å². The van der Waals surface area contributed by atoms with E-state index in [1.807, 2.05) is 0 Å². The lowest BCUT2D eigenvalue weighted by Gasteiger charge is -2.49. The molecule has 0 saturated heterocycles. The third kappa shape index (κ3) is 0.990. The predicted octanol–water partition coefficient (Wildman–Crippen LogP) is 4.56. The molecule has 3 rings (SSSR count). The first-order valence-electron chi connectivity index (χ1n) is 6.61. The lowest BCUT2D eigenvalue weighted by Crippen LogP contribution is -2.42. The molecular weight excluding hydrogens is 180 g/mol. The fourth-order valence-electron chi connectivity index (χ4n) is 5.65. The van der Waals surface area contributed by atoms with Gasteiger partial charge in [-0.25, -0.2) is 0 Å². The monoisotopic (exact) mass is 204 g/mol. The van der Waals surface area contributed by atoms with Gasteiger partial charge in [-0.3, -0.25) is 0 Å². The van der Waals surface area contributed by atoms with Crippen molar-refractivity contribution in [2.45, 2.75) is 59.8 Å². The Morgan fingerprint density at radius 2 is 1.80 bits per heavy atom. The third-order valence-electron chi connectivity index (χ3n) is 6.12. The molecule has 0 heteroatoms. The Morgan fingerprint density at radius 3 is 2.53 bits per heavy atom. The summed E-state index contributed by atoms with van der Waals surface area (Å²) in [6.45, 7) is 10.0. The molecule has 15 heavy (non-hydrogen) atoms. The molecule has 3 aliphatic rings. The highest BCUT2D eigenvalue weighted by Gasteiger charge is 2.63. The summed E-state index contributed by atoms with van der Waals surface area (Å²) in [6.07, 6.45) is 9.89. The zero-order chi connectivity index (χ0) is 10.9. The van der Waals surface area contributed by atoms with Gasteiger partial charge in [0.1, 0.15) is 0 Å². The summed E-state index contributed by atoms with van der Waals surface area (Å²) in [5.41, 5.74) is 3.42. The topological polar surface area (TPSA) is 0 Å². The summed E-state index contributed by atoms with van der Waals surface area (Å²) in [6, 6.07) is 0. The van der Waals surface area contributed by atoms with Gasteiger partial charge in [0.2, 0.25) is 0 Å². The second kappa shape index (κ2) is 2.52. The maximum atomic E-state index is 2.63. The number of hydrogen-bond acceptors (Lipinski definition) is 0.